The van der Waals surface area contributed by atoms with Crippen LogP contribution in [0.25, 0.3) is 10.9 Å². The first-order valence-corrected chi connectivity index (χ1v) is 12.3. The predicted molar refractivity (Wildman–Crippen MR) is 132 cm³/mol. The Labute approximate surface area is 208 Å². The maximum atomic E-state index is 13.8. The van der Waals surface area contributed by atoms with Crippen molar-refractivity contribution < 1.29 is 19.5 Å². The molecule has 0 radical (unpaired) electrons. The lowest BCUT2D eigenvalue weighted by atomic mass is 9.86. The fraction of sp³-hybridized carbons (Fsp3) is 0.385. The molecule has 2 unspecified atom stereocenters. The van der Waals surface area contributed by atoms with Crippen LogP contribution < -0.4 is 5.23 Å². The highest BCUT2D eigenvalue weighted by atomic mass is 16.8. The van der Waals surface area contributed by atoms with E-state index in [-0.39, 0.29) is 29.3 Å². The predicted octanol–water partition coefficient (Wildman–Crippen LogP) is 1.88. The van der Waals surface area contributed by atoms with Crippen molar-refractivity contribution in [2.45, 2.75) is 18.5 Å². The molecule has 10 nitrogen and oxygen atoms in total. The van der Waals surface area contributed by atoms with E-state index in [0.29, 0.717) is 38.3 Å². The van der Waals surface area contributed by atoms with Crippen molar-refractivity contribution in [3.63, 3.8) is 0 Å². The van der Waals surface area contributed by atoms with Crippen LogP contribution in [0.1, 0.15) is 22.9 Å². The summed E-state index contributed by atoms with van der Waals surface area (Å²) in [5.41, 5.74) is 3.49. The lowest BCUT2D eigenvalue weighted by molar-refractivity contribution is -0.158. The highest BCUT2D eigenvalue weighted by molar-refractivity contribution is 5.97. The minimum absolute atomic E-state index is 0.0130. The van der Waals surface area contributed by atoms with E-state index in [2.05, 4.69) is 9.88 Å². The van der Waals surface area contributed by atoms with E-state index in [1.165, 1.54) is 6.07 Å². The number of H-pyrrole nitrogens is 1. The number of para-hydroxylation sites is 1. The molecule has 3 aliphatic heterocycles. The first kappa shape index (κ1) is 23.0. The SMILES string of the molecule is O=C1C2Cc3c([nH]c4ccccc34)C(c3cccc(N([O-])O)c3)N2C(=O)CN1CCN1CCOCC1. The average Bonchev–Trinajstić information content (AvgIpc) is 3.28. The number of piperazine rings is 1. The number of hydrogen-bond donors (Lipinski definition) is 2. The van der Waals surface area contributed by atoms with E-state index in [4.69, 9.17) is 4.74 Å². The van der Waals surface area contributed by atoms with E-state index in [1.807, 2.05) is 30.3 Å². The number of nitrogens with one attached hydrogen (secondary N) is 1. The second-order valence-electron chi connectivity index (χ2n) is 9.57. The highest BCUT2D eigenvalue weighted by Crippen LogP contribution is 2.43. The van der Waals surface area contributed by atoms with Crippen LogP contribution in [0.4, 0.5) is 5.69 Å². The van der Waals surface area contributed by atoms with Gasteiger partial charge in [0.15, 0.2) is 0 Å². The third-order valence-corrected chi connectivity index (χ3v) is 7.54. The van der Waals surface area contributed by atoms with E-state index < -0.39 is 12.1 Å². The van der Waals surface area contributed by atoms with Crippen LogP contribution in [-0.4, -0.2) is 88.7 Å². The molecule has 2 amide bonds. The molecule has 2 fully saturated rings. The summed E-state index contributed by atoms with van der Waals surface area (Å²) in [4.78, 5) is 36.5. The summed E-state index contributed by atoms with van der Waals surface area (Å²) in [6.45, 7) is 4.22. The lowest BCUT2D eigenvalue weighted by Crippen LogP contribution is -2.63. The van der Waals surface area contributed by atoms with Crippen LogP contribution in [0.2, 0.25) is 0 Å². The number of rotatable bonds is 5. The van der Waals surface area contributed by atoms with Gasteiger partial charge in [0.25, 0.3) is 0 Å². The number of morpholine rings is 1. The molecule has 3 aromatic rings. The van der Waals surface area contributed by atoms with Gasteiger partial charge in [-0.3, -0.25) is 19.7 Å². The summed E-state index contributed by atoms with van der Waals surface area (Å²) in [6, 6.07) is 13.2. The van der Waals surface area contributed by atoms with E-state index in [9.17, 15) is 20.0 Å². The Balaban J connectivity index is 1.38. The molecule has 4 heterocycles. The minimum atomic E-state index is -0.645. The van der Waals surface area contributed by atoms with Gasteiger partial charge in [0.2, 0.25) is 11.8 Å². The third kappa shape index (κ3) is 3.92. The van der Waals surface area contributed by atoms with Gasteiger partial charge in [-0.25, -0.2) is 0 Å². The Kier molecular flexibility index (Phi) is 5.88. The van der Waals surface area contributed by atoms with Gasteiger partial charge in [-0.15, -0.1) is 0 Å². The van der Waals surface area contributed by atoms with Crippen molar-refractivity contribution in [3.8, 4) is 0 Å². The van der Waals surface area contributed by atoms with Gasteiger partial charge >= 0.3 is 0 Å². The van der Waals surface area contributed by atoms with Crippen LogP contribution in [0.15, 0.2) is 48.5 Å². The molecule has 36 heavy (non-hydrogen) atoms. The molecular formula is C26H28N5O5-. The number of aromatic amines is 1. The second kappa shape index (κ2) is 9.21. The zero-order valence-electron chi connectivity index (χ0n) is 19.8. The van der Waals surface area contributed by atoms with Crippen LogP contribution in [0, 0.1) is 5.21 Å². The molecule has 0 aliphatic carbocycles. The number of aromatic nitrogens is 1. The normalized spacial score (nSPS) is 22.6. The largest absolute Gasteiger partial charge is 0.733 e. The molecule has 2 saturated heterocycles. The number of nitrogens with zero attached hydrogens (tertiary/aromatic N) is 4. The summed E-state index contributed by atoms with van der Waals surface area (Å²) in [5.74, 6) is -0.197. The average molecular weight is 491 g/mol. The number of benzene rings is 2. The molecule has 0 bridgehead atoms. The molecule has 2 N–H and O–H groups in total. The molecule has 188 valence electrons. The topological polar surface area (TPSA) is 115 Å². The van der Waals surface area contributed by atoms with E-state index in [0.717, 1.165) is 35.2 Å². The maximum absolute atomic E-state index is 13.8. The monoisotopic (exact) mass is 490 g/mol. The minimum Gasteiger partial charge on any atom is -0.733 e. The number of anilines is 1. The van der Waals surface area contributed by atoms with Crippen LogP contribution in [0.3, 0.4) is 0 Å². The highest BCUT2D eigenvalue weighted by Gasteiger charge is 2.48. The zero-order chi connectivity index (χ0) is 24.8. The van der Waals surface area contributed by atoms with Crippen LogP contribution in [-0.2, 0) is 20.7 Å². The number of carbonyl (C=O) groups is 2. The Morgan fingerprint density at radius 2 is 1.89 bits per heavy atom. The molecular weight excluding hydrogens is 462 g/mol. The summed E-state index contributed by atoms with van der Waals surface area (Å²) >= 11 is 0. The number of hydrogen-bond acceptors (Lipinski definition) is 7. The molecule has 2 aromatic carbocycles. The Hall–Kier alpha value is -3.44. The van der Waals surface area contributed by atoms with Crippen molar-refractivity contribution in [2.75, 3.05) is 51.2 Å². The number of fused-ring (bicyclic) bond motifs is 4. The van der Waals surface area contributed by atoms with Crippen molar-refractivity contribution >= 4 is 28.4 Å². The maximum Gasteiger partial charge on any atom is 0.246 e. The van der Waals surface area contributed by atoms with Crippen molar-refractivity contribution in [3.05, 3.63) is 70.6 Å². The van der Waals surface area contributed by atoms with Crippen molar-refractivity contribution in [1.82, 2.24) is 19.7 Å². The molecule has 2 atom stereocenters. The van der Waals surface area contributed by atoms with Crippen molar-refractivity contribution in [1.29, 1.82) is 0 Å². The molecule has 0 spiro atoms. The van der Waals surface area contributed by atoms with Gasteiger partial charge in [0.1, 0.15) is 6.04 Å². The Morgan fingerprint density at radius 1 is 1.08 bits per heavy atom. The summed E-state index contributed by atoms with van der Waals surface area (Å²) in [5, 5.41) is 22.0. The quantitative estimate of drug-likeness (QED) is 0.525. The molecule has 1 aromatic heterocycles. The van der Waals surface area contributed by atoms with E-state index in [1.54, 1.807) is 21.9 Å². The smallest absolute Gasteiger partial charge is 0.246 e. The van der Waals surface area contributed by atoms with Gasteiger partial charge in [-0.1, -0.05) is 30.3 Å². The standard InChI is InChI=1S/C26H28N5O5/c32-23-16-29(9-8-28-10-12-36-13-11-28)26(33)22-15-20-19-6-1-2-7-21(19)27-24(20)25(30(22)23)17-4-3-5-18(14-17)31(34)35/h1-7,14,22,25,27,34H,8-13,15-16H2/q-1. The molecule has 10 heteroatoms. The van der Waals surface area contributed by atoms with E-state index >= 15 is 0 Å². The molecule has 3 aliphatic rings. The van der Waals surface area contributed by atoms with Crippen LogP contribution in [0.5, 0.6) is 0 Å². The molecule has 0 saturated carbocycles. The first-order chi connectivity index (χ1) is 17.5. The van der Waals surface area contributed by atoms with Gasteiger partial charge in [0, 0.05) is 49.2 Å². The van der Waals surface area contributed by atoms with Crippen molar-refractivity contribution in [2.24, 2.45) is 0 Å². The number of carbonyl (C=O) groups excluding carboxylic acids is 2. The number of ether oxygens (including phenoxy) is 1. The summed E-state index contributed by atoms with van der Waals surface area (Å²) < 4.78 is 5.41. The Morgan fingerprint density at radius 3 is 2.69 bits per heavy atom. The molecule has 6 rings (SSSR count). The van der Waals surface area contributed by atoms with Gasteiger partial charge in [-0.2, -0.15) is 0 Å². The lowest BCUT2D eigenvalue weighted by Gasteiger charge is -2.47. The zero-order valence-corrected chi connectivity index (χ0v) is 19.8. The fourth-order valence-electron chi connectivity index (χ4n) is 5.76. The first-order valence-electron chi connectivity index (χ1n) is 12.3. The van der Waals surface area contributed by atoms with Gasteiger partial charge in [-0.05, 0) is 29.3 Å². The second-order valence-corrected chi connectivity index (χ2v) is 9.57. The Bertz CT molecular complexity index is 1300. The summed E-state index contributed by atoms with van der Waals surface area (Å²) in [7, 11) is 0. The summed E-state index contributed by atoms with van der Waals surface area (Å²) in [6.07, 6.45) is 0.418. The van der Waals surface area contributed by atoms with Gasteiger partial charge < -0.3 is 30.0 Å². The number of amides is 2. The fourth-order valence-corrected chi connectivity index (χ4v) is 5.76. The van der Waals surface area contributed by atoms with Gasteiger partial charge in [0.05, 0.1) is 31.5 Å². The van der Waals surface area contributed by atoms with Crippen LogP contribution >= 0.6 is 0 Å². The third-order valence-electron chi connectivity index (χ3n) is 7.54.